The molecule has 0 heterocycles. The molecule has 1 aromatic carbocycles. The van der Waals surface area contributed by atoms with Crippen molar-refractivity contribution < 1.29 is 9.47 Å². The van der Waals surface area contributed by atoms with Crippen LogP contribution in [0.15, 0.2) is 18.2 Å². The molecule has 106 valence electrons. The zero-order valence-corrected chi connectivity index (χ0v) is 12.2. The molecule has 0 spiro atoms. The molecule has 19 heavy (non-hydrogen) atoms. The zero-order chi connectivity index (χ0) is 13.7. The van der Waals surface area contributed by atoms with E-state index in [2.05, 4.69) is 31.3 Å². The van der Waals surface area contributed by atoms with Gasteiger partial charge in [0.2, 0.25) is 0 Å². The van der Waals surface area contributed by atoms with Crippen LogP contribution in [0.3, 0.4) is 0 Å². The maximum atomic E-state index is 5.89. The molecule has 0 amide bonds. The second-order valence-electron chi connectivity index (χ2n) is 5.21. The van der Waals surface area contributed by atoms with Crippen molar-refractivity contribution in [3.05, 3.63) is 23.8 Å². The minimum atomic E-state index is 0.217. The lowest BCUT2D eigenvalue weighted by atomic mass is 10.2. The van der Waals surface area contributed by atoms with Gasteiger partial charge in [0.25, 0.3) is 0 Å². The second kappa shape index (κ2) is 6.80. The fraction of sp³-hybridized carbons (Fsp3) is 0.625. The third kappa shape index (κ3) is 4.43. The molecule has 1 saturated carbocycles. The van der Waals surface area contributed by atoms with E-state index >= 15 is 0 Å². The van der Waals surface area contributed by atoms with E-state index < -0.39 is 0 Å². The van der Waals surface area contributed by atoms with Crippen LogP contribution in [0.2, 0.25) is 0 Å². The maximum absolute atomic E-state index is 5.89. The average molecular weight is 263 g/mol. The van der Waals surface area contributed by atoms with Crippen LogP contribution in [0.25, 0.3) is 0 Å². The molecular weight excluding hydrogens is 238 g/mol. The molecule has 1 fully saturated rings. The van der Waals surface area contributed by atoms with Gasteiger partial charge in [-0.1, -0.05) is 13.0 Å². The van der Waals surface area contributed by atoms with Gasteiger partial charge >= 0.3 is 0 Å². The summed E-state index contributed by atoms with van der Waals surface area (Å²) in [6.45, 7) is 7.78. The molecular formula is C16H25NO2. The van der Waals surface area contributed by atoms with Crippen LogP contribution >= 0.6 is 0 Å². The van der Waals surface area contributed by atoms with E-state index in [1.165, 1.54) is 18.4 Å². The number of hydrogen-bond donors (Lipinski definition) is 1. The molecule has 0 saturated heterocycles. The van der Waals surface area contributed by atoms with E-state index in [1.807, 2.05) is 13.0 Å². The summed E-state index contributed by atoms with van der Waals surface area (Å²) >= 11 is 0. The summed E-state index contributed by atoms with van der Waals surface area (Å²) in [5.74, 6) is 1.71. The third-order valence-electron chi connectivity index (χ3n) is 3.38. The second-order valence-corrected chi connectivity index (χ2v) is 5.21. The van der Waals surface area contributed by atoms with E-state index in [4.69, 9.17) is 9.47 Å². The Morgan fingerprint density at radius 2 is 2.05 bits per heavy atom. The highest BCUT2D eigenvalue weighted by atomic mass is 16.5. The van der Waals surface area contributed by atoms with E-state index in [9.17, 15) is 0 Å². The highest BCUT2D eigenvalue weighted by Gasteiger charge is 2.20. The lowest BCUT2D eigenvalue weighted by Gasteiger charge is -2.17. The summed E-state index contributed by atoms with van der Waals surface area (Å²) in [7, 11) is 0. The van der Waals surface area contributed by atoms with E-state index in [-0.39, 0.29) is 6.10 Å². The van der Waals surface area contributed by atoms with Gasteiger partial charge in [-0.2, -0.15) is 0 Å². The lowest BCUT2D eigenvalue weighted by molar-refractivity contribution is 0.203. The van der Waals surface area contributed by atoms with E-state index in [0.717, 1.165) is 30.5 Å². The molecule has 1 aliphatic carbocycles. The number of ether oxygens (including phenoxy) is 2. The summed E-state index contributed by atoms with van der Waals surface area (Å²) in [5, 5.41) is 3.52. The smallest absolute Gasteiger partial charge is 0.161 e. The number of nitrogens with one attached hydrogen (secondary N) is 1. The molecule has 0 bridgehead atoms. The van der Waals surface area contributed by atoms with Gasteiger partial charge in [0.15, 0.2) is 11.5 Å². The van der Waals surface area contributed by atoms with E-state index in [1.54, 1.807) is 0 Å². The summed E-state index contributed by atoms with van der Waals surface area (Å²) in [5.41, 5.74) is 1.26. The largest absolute Gasteiger partial charge is 0.490 e. The molecule has 2 rings (SSSR count). The van der Waals surface area contributed by atoms with Gasteiger partial charge in [-0.25, -0.2) is 0 Å². The predicted octanol–water partition coefficient (Wildman–Crippen LogP) is 3.51. The zero-order valence-electron chi connectivity index (χ0n) is 12.2. The predicted molar refractivity (Wildman–Crippen MR) is 77.9 cm³/mol. The van der Waals surface area contributed by atoms with Crippen LogP contribution < -0.4 is 14.8 Å². The molecule has 1 aromatic rings. The topological polar surface area (TPSA) is 30.5 Å². The minimum absolute atomic E-state index is 0.217. The highest BCUT2D eigenvalue weighted by molar-refractivity contribution is 5.43. The third-order valence-corrected chi connectivity index (χ3v) is 3.38. The van der Waals surface area contributed by atoms with Crippen LogP contribution in [0, 0.1) is 0 Å². The molecule has 1 aliphatic rings. The number of rotatable bonds is 8. The number of hydrogen-bond acceptors (Lipinski definition) is 3. The molecule has 1 atom stereocenters. The summed E-state index contributed by atoms with van der Waals surface area (Å²) in [4.78, 5) is 0. The summed E-state index contributed by atoms with van der Waals surface area (Å²) < 4.78 is 11.6. The van der Waals surface area contributed by atoms with Crippen molar-refractivity contribution in [2.24, 2.45) is 0 Å². The first-order valence-corrected chi connectivity index (χ1v) is 7.38. The first-order chi connectivity index (χ1) is 9.22. The lowest BCUT2D eigenvalue weighted by Crippen LogP contribution is -2.15. The molecule has 3 nitrogen and oxygen atoms in total. The SMILES string of the molecule is CCOc1cc(CNC2CC2)ccc1OC(C)CC. The van der Waals surface area contributed by atoms with E-state index in [0.29, 0.717) is 6.61 Å². The Hall–Kier alpha value is -1.22. The standard InChI is InChI=1S/C16H25NO2/c1-4-12(3)19-15-9-6-13(10-16(15)18-5-2)11-17-14-7-8-14/h6,9-10,12,14,17H,4-5,7-8,11H2,1-3H3. The molecule has 1 N–H and O–H groups in total. The molecule has 0 aromatic heterocycles. The van der Waals surface area contributed by atoms with Gasteiger partial charge in [-0.3, -0.25) is 0 Å². The Labute approximate surface area is 116 Å². The van der Waals surface area contributed by atoms with Crippen molar-refractivity contribution in [2.45, 2.75) is 58.7 Å². The Morgan fingerprint density at radius 1 is 1.26 bits per heavy atom. The van der Waals surface area contributed by atoms with Crippen molar-refractivity contribution in [1.82, 2.24) is 5.32 Å². The fourth-order valence-corrected chi connectivity index (χ4v) is 1.88. The van der Waals surface area contributed by atoms with Gasteiger partial charge in [-0.15, -0.1) is 0 Å². The molecule has 0 aliphatic heterocycles. The fourth-order valence-electron chi connectivity index (χ4n) is 1.88. The first-order valence-electron chi connectivity index (χ1n) is 7.38. The molecule has 1 unspecified atom stereocenters. The Bertz CT molecular complexity index is 402. The maximum Gasteiger partial charge on any atom is 0.161 e. The van der Waals surface area contributed by atoms with Gasteiger partial charge in [-0.05, 0) is 50.8 Å². The average Bonchev–Trinajstić information content (AvgIpc) is 3.23. The van der Waals surface area contributed by atoms with Crippen LogP contribution in [0.5, 0.6) is 11.5 Å². The van der Waals surface area contributed by atoms with Crippen molar-refractivity contribution >= 4 is 0 Å². The van der Waals surface area contributed by atoms with Gasteiger partial charge in [0.1, 0.15) is 0 Å². The van der Waals surface area contributed by atoms with Crippen LogP contribution in [0.4, 0.5) is 0 Å². The van der Waals surface area contributed by atoms with Gasteiger partial charge in [0.05, 0.1) is 12.7 Å². The highest BCUT2D eigenvalue weighted by Crippen LogP contribution is 2.30. The van der Waals surface area contributed by atoms with Crippen molar-refractivity contribution in [3.8, 4) is 11.5 Å². The van der Waals surface area contributed by atoms with Crippen molar-refractivity contribution in [1.29, 1.82) is 0 Å². The summed E-state index contributed by atoms with van der Waals surface area (Å²) in [6, 6.07) is 6.97. The van der Waals surface area contributed by atoms with Crippen molar-refractivity contribution in [3.63, 3.8) is 0 Å². The normalized spacial score (nSPS) is 16.2. The number of benzene rings is 1. The quantitative estimate of drug-likeness (QED) is 0.778. The van der Waals surface area contributed by atoms with Crippen molar-refractivity contribution in [2.75, 3.05) is 6.61 Å². The monoisotopic (exact) mass is 263 g/mol. The first kappa shape index (κ1) is 14.2. The molecule has 0 radical (unpaired) electrons. The van der Waals surface area contributed by atoms with Crippen LogP contribution in [-0.2, 0) is 6.54 Å². The summed E-state index contributed by atoms with van der Waals surface area (Å²) in [6.07, 6.45) is 3.84. The van der Waals surface area contributed by atoms with Gasteiger partial charge in [0, 0.05) is 12.6 Å². The van der Waals surface area contributed by atoms with Crippen LogP contribution in [0.1, 0.15) is 45.6 Å². The van der Waals surface area contributed by atoms with Crippen LogP contribution in [-0.4, -0.2) is 18.8 Å². The Kier molecular flexibility index (Phi) is 5.08. The van der Waals surface area contributed by atoms with Gasteiger partial charge < -0.3 is 14.8 Å². The Balaban J connectivity index is 2.04. The Morgan fingerprint density at radius 3 is 2.68 bits per heavy atom. The minimum Gasteiger partial charge on any atom is -0.490 e. The molecule has 3 heteroatoms.